The molecule has 0 radical (unpaired) electrons. The van der Waals surface area contributed by atoms with Crippen molar-refractivity contribution < 1.29 is 28.2 Å². The molecule has 2 aromatic carbocycles. The van der Waals surface area contributed by atoms with Gasteiger partial charge in [-0.2, -0.15) is 8.78 Å². The van der Waals surface area contributed by atoms with Crippen LogP contribution >= 0.6 is 0 Å². The van der Waals surface area contributed by atoms with Gasteiger partial charge in [0.05, 0.1) is 11.6 Å². The molecule has 2 aromatic rings. The molecule has 8 heteroatoms. The number of hydrogen-bond donors (Lipinski definition) is 3. The van der Waals surface area contributed by atoms with Crippen molar-refractivity contribution in [3.05, 3.63) is 64.7 Å². The van der Waals surface area contributed by atoms with E-state index in [1.54, 1.807) is 24.3 Å². The fourth-order valence-electron chi connectivity index (χ4n) is 3.27. The molecule has 1 aliphatic rings. The van der Waals surface area contributed by atoms with Gasteiger partial charge in [0, 0.05) is 6.54 Å². The molecule has 1 atom stereocenters. The summed E-state index contributed by atoms with van der Waals surface area (Å²) in [4.78, 5) is 23.1. The van der Waals surface area contributed by atoms with Crippen LogP contribution in [0.2, 0.25) is 0 Å². The van der Waals surface area contributed by atoms with Gasteiger partial charge in [0.2, 0.25) is 0 Å². The van der Waals surface area contributed by atoms with E-state index in [0.717, 1.165) is 36.0 Å². The summed E-state index contributed by atoms with van der Waals surface area (Å²) in [5, 5.41) is 14.5. The first-order valence-electron chi connectivity index (χ1n) is 8.86. The maximum Gasteiger partial charge on any atom is 0.387 e. The number of fused-ring (bicyclic) bond motifs is 1. The van der Waals surface area contributed by atoms with Crippen LogP contribution in [0.25, 0.3) is 0 Å². The number of halogens is 2. The number of rotatable bonds is 6. The Kier molecular flexibility index (Phi) is 6.08. The van der Waals surface area contributed by atoms with Crippen molar-refractivity contribution in [1.29, 1.82) is 0 Å². The Morgan fingerprint density at radius 1 is 1.18 bits per heavy atom. The summed E-state index contributed by atoms with van der Waals surface area (Å²) in [6.45, 7) is -2.61. The molecule has 0 saturated heterocycles. The van der Waals surface area contributed by atoms with E-state index in [0.29, 0.717) is 0 Å². The van der Waals surface area contributed by atoms with Crippen LogP contribution in [0.4, 0.5) is 13.6 Å². The number of nitrogens with one attached hydrogen (secondary N) is 2. The van der Waals surface area contributed by atoms with E-state index in [9.17, 15) is 18.4 Å². The minimum absolute atomic E-state index is 0.114. The SMILES string of the molecule is O=C(NCc1ccc(C(=O)O)cc1)NC1CCCc2cc(OC(F)F)ccc21. The molecular formula is C20H20F2N2O4. The van der Waals surface area contributed by atoms with E-state index in [2.05, 4.69) is 15.4 Å². The number of alkyl halides is 2. The molecule has 148 valence electrons. The topological polar surface area (TPSA) is 87.7 Å². The second kappa shape index (κ2) is 8.69. The third-order valence-electron chi connectivity index (χ3n) is 4.61. The van der Waals surface area contributed by atoms with Crippen LogP contribution < -0.4 is 15.4 Å². The second-order valence-electron chi connectivity index (χ2n) is 6.51. The molecule has 1 aliphatic carbocycles. The normalized spacial score (nSPS) is 15.6. The van der Waals surface area contributed by atoms with Crippen molar-refractivity contribution in [1.82, 2.24) is 10.6 Å². The summed E-state index contributed by atoms with van der Waals surface area (Å²) in [7, 11) is 0. The molecule has 0 heterocycles. The largest absolute Gasteiger partial charge is 0.478 e. The van der Waals surface area contributed by atoms with Crippen LogP contribution in [0.1, 0.15) is 45.9 Å². The standard InChI is InChI=1S/C20H20F2N2O4/c21-19(22)28-15-8-9-16-14(10-15)2-1-3-17(16)24-20(27)23-11-12-4-6-13(7-5-12)18(25)26/h4-10,17,19H,1-3,11H2,(H,25,26)(H2,23,24,27). The van der Waals surface area contributed by atoms with Crippen LogP contribution in [-0.2, 0) is 13.0 Å². The summed E-state index contributed by atoms with van der Waals surface area (Å²) < 4.78 is 29.2. The lowest BCUT2D eigenvalue weighted by Gasteiger charge is -2.27. The summed E-state index contributed by atoms with van der Waals surface area (Å²) >= 11 is 0. The number of benzene rings is 2. The Morgan fingerprint density at radius 2 is 1.93 bits per heavy atom. The number of carboxylic acid groups (broad SMARTS) is 1. The first-order valence-corrected chi connectivity index (χ1v) is 8.86. The molecule has 0 spiro atoms. The maximum absolute atomic E-state index is 12.4. The average molecular weight is 390 g/mol. The van der Waals surface area contributed by atoms with Gasteiger partial charge < -0.3 is 20.5 Å². The van der Waals surface area contributed by atoms with E-state index in [1.165, 1.54) is 18.2 Å². The fourth-order valence-corrected chi connectivity index (χ4v) is 3.27. The number of carbonyl (C=O) groups is 2. The van der Waals surface area contributed by atoms with Crippen molar-refractivity contribution in [3.63, 3.8) is 0 Å². The maximum atomic E-state index is 12.4. The zero-order chi connectivity index (χ0) is 20.1. The van der Waals surface area contributed by atoms with E-state index in [1.807, 2.05) is 0 Å². The van der Waals surface area contributed by atoms with E-state index in [4.69, 9.17) is 5.11 Å². The zero-order valence-corrected chi connectivity index (χ0v) is 15.0. The minimum Gasteiger partial charge on any atom is -0.478 e. The van der Waals surface area contributed by atoms with E-state index in [-0.39, 0.29) is 29.9 Å². The molecule has 3 rings (SSSR count). The van der Waals surface area contributed by atoms with Crippen molar-refractivity contribution in [2.24, 2.45) is 0 Å². The number of urea groups is 1. The van der Waals surface area contributed by atoms with E-state index < -0.39 is 12.6 Å². The molecule has 1 unspecified atom stereocenters. The quantitative estimate of drug-likeness (QED) is 0.699. The lowest BCUT2D eigenvalue weighted by atomic mass is 9.87. The molecule has 0 aromatic heterocycles. The van der Waals surface area contributed by atoms with Gasteiger partial charge in [0.15, 0.2) is 0 Å². The molecule has 6 nitrogen and oxygen atoms in total. The molecular weight excluding hydrogens is 370 g/mol. The number of ether oxygens (including phenoxy) is 1. The Balaban J connectivity index is 1.58. The van der Waals surface area contributed by atoms with Crippen LogP contribution in [0.15, 0.2) is 42.5 Å². The third-order valence-corrected chi connectivity index (χ3v) is 4.61. The zero-order valence-electron chi connectivity index (χ0n) is 15.0. The number of carbonyl (C=O) groups excluding carboxylic acids is 1. The summed E-state index contributed by atoms with van der Waals surface area (Å²) in [6, 6.07) is 10.5. The number of hydrogen-bond acceptors (Lipinski definition) is 3. The van der Waals surface area contributed by atoms with Gasteiger partial charge in [0.25, 0.3) is 0 Å². The molecule has 28 heavy (non-hydrogen) atoms. The Labute approximate surface area is 160 Å². The van der Waals surface area contributed by atoms with Crippen LogP contribution in [0.3, 0.4) is 0 Å². The Bertz CT molecular complexity index is 856. The van der Waals surface area contributed by atoms with Gasteiger partial charge >= 0.3 is 18.6 Å². The molecule has 0 aliphatic heterocycles. The molecule has 0 fully saturated rings. The molecule has 2 amide bonds. The summed E-state index contributed by atoms with van der Waals surface area (Å²) in [6.07, 6.45) is 2.32. The highest BCUT2D eigenvalue weighted by atomic mass is 19.3. The van der Waals surface area contributed by atoms with Gasteiger partial charge in [-0.25, -0.2) is 9.59 Å². The first-order chi connectivity index (χ1) is 13.4. The second-order valence-corrected chi connectivity index (χ2v) is 6.51. The van der Waals surface area contributed by atoms with Crippen molar-refractivity contribution in [2.45, 2.75) is 38.5 Å². The summed E-state index contributed by atoms with van der Waals surface area (Å²) in [5.41, 5.74) is 2.74. The molecule has 0 saturated carbocycles. The predicted molar refractivity (Wildman–Crippen MR) is 97.5 cm³/mol. The lowest BCUT2D eigenvalue weighted by Crippen LogP contribution is -2.38. The molecule has 3 N–H and O–H groups in total. The van der Waals surface area contributed by atoms with Crippen molar-refractivity contribution >= 4 is 12.0 Å². The van der Waals surface area contributed by atoms with Crippen LogP contribution in [0.5, 0.6) is 5.75 Å². The van der Waals surface area contributed by atoms with Crippen molar-refractivity contribution in [2.75, 3.05) is 0 Å². The van der Waals surface area contributed by atoms with Crippen molar-refractivity contribution in [3.8, 4) is 5.75 Å². The third kappa shape index (κ3) is 4.97. The van der Waals surface area contributed by atoms with Crippen LogP contribution in [0, 0.1) is 0 Å². The lowest BCUT2D eigenvalue weighted by molar-refractivity contribution is -0.0499. The highest BCUT2D eigenvalue weighted by Crippen LogP contribution is 2.32. The minimum atomic E-state index is -2.87. The highest BCUT2D eigenvalue weighted by Gasteiger charge is 2.22. The Morgan fingerprint density at radius 3 is 2.61 bits per heavy atom. The first kappa shape index (κ1) is 19.6. The summed E-state index contributed by atoms with van der Waals surface area (Å²) in [5.74, 6) is -0.890. The van der Waals surface area contributed by atoms with Gasteiger partial charge in [0.1, 0.15) is 5.75 Å². The number of aryl methyl sites for hydroxylation is 1. The Hall–Kier alpha value is -3.16. The smallest absolute Gasteiger partial charge is 0.387 e. The van der Waals surface area contributed by atoms with E-state index >= 15 is 0 Å². The number of carboxylic acids is 1. The number of aromatic carboxylic acids is 1. The monoisotopic (exact) mass is 390 g/mol. The van der Waals surface area contributed by atoms with Crippen LogP contribution in [-0.4, -0.2) is 23.7 Å². The van der Waals surface area contributed by atoms with Gasteiger partial charge in [-0.3, -0.25) is 0 Å². The van der Waals surface area contributed by atoms with Gasteiger partial charge in [-0.1, -0.05) is 18.2 Å². The van der Waals surface area contributed by atoms with Gasteiger partial charge in [-0.15, -0.1) is 0 Å². The van der Waals surface area contributed by atoms with Gasteiger partial charge in [-0.05, 0) is 60.2 Å². The average Bonchev–Trinajstić information content (AvgIpc) is 2.66. The number of amides is 2. The predicted octanol–water partition coefficient (Wildman–Crippen LogP) is 3.86. The fraction of sp³-hybridized carbons (Fsp3) is 0.300. The molecule has 0 bridgehead atoms. The highest BCUT2D eigenvalue weighted by molar-refractivity contribution is 5.87.